The first-order valence-corrected chi connectivity index (χ1v) is 6.18. The van der Waals surface area contributed by atoms with Gasteiger partial charge in [0.25, 0.3) is 0 Å². The fraction of sp³-hybridized carbons (Fsp3) is 0.0625. The summed E-state index contributed by atoms with van der Waals surface area (Å²) in [4.78, 5) is 21.0. The van der Waals surface area contributed by atoms with Gasteiger partial charge in [0, 0.05) is 23.3 Å². The van der Waals surface area contributed by atoms with E-state index in [9.17, 15) is 4.79 Å². The molecule has 20 heavy (non-hydrogen) atoms. The van der Waals surface area contributed by atoms with Crippen LogP contribution in [-0.2, 0) is 0 Å². The molecule has 2 heterocycles. The lowest BCUT2D eigenvalue weighted by molar-refractivity contribution is 0.103. The highest BCUT2D eigenvalue weighted by atomic mass is 16.5. The van der Waals surface area contributed by atoms with E-state index in [1.54, 1.807) is 30.6 Å². The Morgan fingerprint density at radius 1 is 0.950 bits per heavy atom. The molecule has 0 amide bonds. The second kappa shape index (κ2) is 5.09. The zero-order valence-electron chi connectivity index (χ0n) is 10.9. The Hall–Kier alpha value is -2.75. The first-order chi connectivity index (χ1) is 9.81. The largest absolute Gasteiger partial charge is 0.480 e. The number of ketones is 1. The van der Waals surface area contributed by atoms with Crippen LogP contribution < -0.4 is 4.74 Å². The molecule has 0 aliphatic carbocycles. The number of benzene rings is 1. The quantitative estimate of drug-likeness (QED) is 0.682. The summed E-state index contributed by atoms with van der Waals surface area (Å²) in [6.07, 6.45) is 3.27. The molecule has 1 aromatic carbocycles. The van der Waals surface area contributed by atoms with E-state index < -0.39 is 0 Å². The number of para-hydroxylation sites is 1. The maximum atomic E-state index is 12.7. The number of carbonyl (C=O) groups is 1. The number of rotatable bonds is 3. The van der Waals surface area contributed by atoms with Crippen molar-refractivity contribution in [2.45, 2.75) is 0 Å². The third-order valence-corrected chi connectivity index (χ3v) is 3.09. The van der Waals surface area contributed by atoms with Crippen molar-refractivity contribution in [1.29, 1.82) is 0 Å². The van der Waals surface area contributed by atoms with Crippen molar-refractivity contribution in [1.82, 2.24) is 9.97 Å². The number of hydrogen-bond donors (Lipinski definition) is 0. The molecule has 0 saturated carbocycles. The van der Waals surface area contributed by atoms with Gasteiger partial charge in [-0.3, -0.25) is 9.78 Å². The standard InChI is InChI=1S/C16H12N2O2/c1-20-16-13(8-4-10-18-16)15(19)12-7-2-5-11-6-3-9-17-14(11)12/h2-10H,1H3. The molecule has 0 unspecified atom stereocenters. The Morgan fingerprint density at radius 2 is 1.65 bits per heavy atom. The van der Waals surface area contributed by atoms with Crippen molar-refractivity contribution in [3.8, 4) is 5.88 Å². The topological polar surface area (TPSA) is 52.1 Å². The van der Waals surface area contributed by atoms with Crippen LogP contribution in [0.4, 0.5) is 0 Å². The number of ether oxygens (including phenoxy) is 1. The van der Waals surface area contributed by atoms with Crippen LogP contribution in [0.5, 0.6) is 5.88 Å². The number of fused-ring (bicyclic) bond motifs is 1. The Kier molecular flexibility index (Phi) is 3.13. The number of methoxy groups -OCH3 is 1. The third kappa shape index (κ3) is 2.01. The maximum Gasteiger partial charge on any atom is 0.224 e. The van der Waals surface area contributed by atoms with Gasteiger partial charge in [-0.1, -0.05) is 18.2 Å². The van der Waals surface area contributed by atoms with E-state index in [0.29, 0.717) is 22.5 Å². The minimum absolute atomic E-state index is 0.140. The van der Waals surface area contributed by atoms with Crippen LogP contribution in [0.3, 0.4) is 0 Å². The maximum absolute atomic E-state index is 12.7. The van der Waals surface area contributed by atoms with Crippen molar-refractivity contribution in [2.75, 3.05) is 7.11 Å². The van der Waals surface area contributed by atoms with Gasteiger partial charge in [0.05, 0.1) is 18.2 Å². The predicted molar refractivity (Wildman–Crippen MR) is 76.0 cm³/mol. The normalized spacial score (nSPS) is 10.4. The van der Waals surface area contributed by atoms with Gasteiger partial charge >= 0.3 is 0 Å². The predicted octanol–water partition coefficient (Wildman–Crippen LogP) is 2.87. The number of aromatic nitrogens is 2. The highest BCUT2D eigenvalue weighted by molar-refractivity contribution is 6.16. The molecule has 3 rings (SSSR count). The molecule has 0 spiro atoms. The summed E-state index contributed by atoms with van der Waals surface area (Å²) >= 11 is 0. The fourth-order valence-corrected chi connectivity index (χ4v) is 2.16. The molecular weight excluding hydrogens is 252 g/mol. The van der Waals surface area contributed by atoms with Gasteiger partial charge in [-0.15, -0.1) is 0 Å². The van der Waals surface area contributed by atoms with Crippen molar-refractivity contribution in [3.63, 3.8) is 0 Å². The SMILES string of the molecule is COc1ncccc1C(=O)c1cccc2cccnc12. The average Bonchev–Trinajstić information content (AvgIpc) is 2.53. The molecule has 0 fully saturated rings. The average molecular weight is 264 g/mol. The van der Waals surface area contributed by atoms with E-state index in [1.165, 1.54) is 7.11 Å². The van der Waals surface area contributed by atoms with Crippen molar-refractivity contribution < 1.29 is 9.53 Å². The van der Waals surface area contributed by atoms with E-state index in [2.05, 4.69) is 9.97 Å². The zero-order valence-corrected chi connectivity index (χ0v) is 10.9. The number of carbonyl (C=O) groups excluding carboxylic acids is 1. The van der Waals surface area contributed by atoms with Gasteiger partial charge in [0.15, 0.2) is 0 Å². The molecule has 0 radical (unpaired) electrons. The molecule has 0 N–H and O–H groups in total. The zero-order chi connectivity index (χ0) is 13.9. The molecule has 3 aromatic rings. The molecule has 0 bridgehead atoms. The van der Waals surface area contributed by atoms with E-state index in [-0.39, 0.29) is 5.78 Å². The van der Waals surface area contributed by atoms with Crippen LogP contribution in [0, 0.1) is 0 Å². The van der Waals surface area contributed by atoms with Crippen molar-refractivity contribution in [3.05, 3.63) is 66.0 Å². The number of nitrogens with zero attached hydrogens (tertiary/aromatic N) is 2. The molecule has 0 aliphatic rings. The third-order valence-electron chi connectivity index (χ3n) is 3.09. The highest BCUT2D eigenvalue weighted by Gasteiger charge is 2.17. The van der Waals surface area contributed by atoms with Gasteiger partial charge in [0.1, 0.15) is 0 Å². The fourth-order valence-electron chi connectivity index (χ4n) is 2.16. The summed E-state index contributed by atoms with van der Waals surface area (Å²) in [6.45, 7) is 0. The molecule has 0 atom stereocenters. The lowest BCUT2D eigenvalue weighted by atomic mass is 10.0. The van der Waals surface area contributed by atoms with Crippen LogP contribution in [0.1, 0.15) is 15.9 Å². The first kappa shape index (κ1) is 12.3. The van der Waals surface area contributed by atoms with Crippen LogP contribution >= 0.6 is 0 Å². The second-order valence-corrected chi connectivity index (χ2v) is 4.27. The van der Waals surface area contributed by atoms with Crippen molar-refractivity contribution >= 4 is 16.7 Å². The lowest BCUT2D eigenvalue weighted by Gasteiger charge is -2.07. The summed E-state index contributed by atoms with van der Waals surface area (Å²) in [5.74, 6) is 0.185. The van der Waals surface area contributed by atoms with Crippen LogP contribution in [0.2, 0.25) is 0 Å². The summed E-state index contributed by atoms with van der Waals surface area (Å²) in [6, 6.07) is 12.7. The highest BCUT2D eigenvalue weighted by Crippen LogP contribution is 2.23. The van der Waals surface area contributed by atoms with Gasteiger partial charge in [-0.05, 0) is 24.3 Å². The molecule has 4 heteroatoms. The lowest BCUT2D eigenvalue weighted by Crippen LogP contribution is -2.06. The molecule has 98 valence electrons. The van der Waals surface area contributed by atoms with E-state index in [4.69, 9.17) is 4.74 Å². The van der Waals surface area contributed by atoms with Crippen molar-refractivity contribution in [2.24, 2.45) is 0 Å². The summed E-state index contributed by atoms with van der Waals surface area (Å²) < 4.78 is 5.15. The molecular formula is C16H12N2O2. The molecule has 4 nitrogen and oxygen atoms in total. The van der Waals surface area contributed by atoms with Gasteiger partial charge in [-0.2, -0.15) is 0 Å². The second-order valence-electron chi connectivity index (χ2n) is 4.27. The Balaban J connectivity index is 2.18. The smallest absolute Gasteiger partial charge is 0.224 e. The van der Waals surface area contributed by atoms with E-state index in [1.807, 2.05) is 24.3 Å². The molecule has 0 saturated heterocycles. The molecule has 0 aliphatic heterocycles. The Bertz CT molecular complexity index is 779. The summed E-state index contributed by atoms with van der Waals surface area (Å²) in [5.41, 5.74) is 1.67. The van der Waals surface area contributed by atoms with Gasteiger partial charge in [0.2, 0.25) is 11.7 Å². The monoisotopic (exact) mass is 264 g/mol. The van der Waals surface area contributed by atoms with Crippen LogP contribution in [-0.4, -0.2) is 22.9 Å². The Labute approximate surface area is 116 Å². The first-order valence-electron chi connectivity index (χ1n) is 6.18. The number of pyridine rings is 2. The van der Waals surface area contributed by atoms with E-state index >= 15 is 0 Å². The minimum Gasteiger partial charge on any atom is -0.480 e. The van der Waals surface area contributed by atoms with Crippen LogP contribution in [0.15, 0.2) is 54.9 Å². The van der Waals surface area contributed by atoms with Gasteiger partial charge < -0.3 is 4.74 Å². The summed E-state index contributed by atoms with van der Waals surface area (Å²) in [5, 5.41) is 0.932. The Morgan fingerprint density at radius 3 is 2.50 bits per heavy atom. The summed E-state index contributed by atoms with van der Waals surface area (Å²) in [7, 11) is 1.50. The van der Waals surface area contributed by atoms with E-state index in [0.717, 1.165) is 5.39 Å². The minimum atomic E-state index is -0.140. The van der Waals surface area contributed by atoms with Gasteiger partial charge in [-0.25, -0.2) is 4.98 Å². The molecule has 2 aromatic heterocycles. The van der Waals surface area contributed by atoms with Crippen LogP contribution in [0.25, 0.3) is 10.9 Å². The number of hydrogen-bond acceptors (Lipinski definition) is 4.